The van der Waals surface area contributed by atoms with E-state index in [0.717, 1.165) is 32.8 Å². The number of rotatable bonds is 7. The molecule has 0 aliphatic carbocycles. The smallest absolute Gasteiger partial charge is 0.314 e. The summed E-state index contributed by atoms with van der Waals surface area (Å²) < 4.78 is 7.63. The maximum atomic E-state index is 11.8. The Labute approximate surface area is 132 Å². The Morgan fingerprint density at radius 2 is 2.32 bits per heavy atom. The van der Waals surface area contributed by atoms with Crippen LogP contribution in [0.4, 0.5) is 4.79 Å². The van der Waals surface area contributed by atoms with Gasteiger partial charge in [-0.15, -0.1) is 0 Å². The van der Waals surface area contributed by atoms with E-state index >= 15 is 0 Å². The maximum absolute atomic E-state index is 11.8. The molecule has 1 unspecified atom stereocenters. The van der Waals surface area contributed by atoms with Crippen LogP contribution in [0.25, 0.3) is 0 Å². The van der Waals surface area contributed by atoms with Gasteiger partial charge in [-0.05, 0) is 5.92 Å². The second-order valence-electron chi connectivity index (χ2n) is 6.08. The summed E-state index contributed by atoms with van der Waals surface area (Å²) in [5.41, 5.74) is 0. The number of aromatic nitrogens is 2. The molecule has 7 nitrogen and oxygen atoms in total. The van der Waals surface area contributed by atoms with Gasteiger partial charge in [0.1, 0.15) is 0 Å². The Morgan fingerprint density at radius 1 is 1.45 bits per heavy atom. The molecule has 7 heteroatoms. The van der Waals surface area contributed by atoms with Gasteiger partial charge in [-0.1, -0.05) is 13.8 Å². The lowest BCUT2D eigenvalue weighted by atomic mass is 10.2. The molecule has 2 heterocycles. The van der Waals surface area contributed by atoms with Crippen LogP contribution in [-0.4, -0.2) is 65.9 Å². The van der Waals surface area contributed by atoms with E-state index < -0.39 is 0 Å². The summed E-state index contributed by atoms with van der Waals surface area (Å²) in [6.07, 6.45) is 5.41. The van der Waals surface area contributed by atoms with E-state index in [9.17, 15) is 4.79 Å². The molecule has 2 N–H and O–H groups in total. The van der Waals surface area contributed by atoms with Gasteiger partial charge in [-0.2, -0.15) is 0 Å². The molecule has 1 atom stereocenters. The van der Waals surface area contributed by atoms with Crippen molar-refractivity contribution in [3.8, 4) is 0 Å². The van der Waals surface area contributed by atoms with Crippen molar-refractivity contribution in [1.29, 1.82) is 0 Å². The minimum Gasteiger partial charge on any atom is -0.374 e. The second kappa shape index (κ2) is 8.75. The fourth-order valence-electron chi connectivity index (χ4n) is 2.57. The number of carbonyl (C=O) groups is 1. The second-order valence-corrected chi connectivity index (χ2v) is 6.08. The topological polar surface area (TPSA) is 71.4 Å². The maximum Gasteiger partial charge on any atom is 0.314 e. The summed E-state index contributed by atoms with van der Waals surface area (Å²) in [6.45, 7) is 9.96. The van der Waals surface area contributed by atoms with Crippen molar-refractivity contribution in [2.24, 2.45) is 5.92 Å². The molecule has 2 rings (SSSR count). The number of morpholine rings is 1. The number of nitrogens with zero attached hydrogens (tertiary/aromatic N) is 3. The van der Waals surface area contributed by atoms with Crippen molar-refractivity contribution in [2.75, 3.05) is 39.3 Å². The van der Waals surface area contributed by atoms with Crippen molar-refractivity contribution in [3.63, 3.8) is 0 Å². The first kappa shape index (κ1) is 16.8. The summed E-state index contributed by atoms with van der Waals surface area (Å²) in [6, 6.07) is -0.148. The van der Waals surface area contributed by atoms with E-state index in [1.807, 2.05) is 10.8 Å². The number of hydrogen-bond acceptors (Lipinski definition) is 4. The Kier molecular flexibility index (Phi) is 6.67. The largest absolute Gasteiger partial charge is 0.374 e. The lowest BCUT2D eigenvalue weighted by molar-refractivity contribution is -0.0290. The van der Waals surface area contributed by atoms with Crippen molar-refractivity contribution in [2.45, 2.75) is 26.5 Å². The molecule has 0 bridgehead atoms. The minimum absolute atomic E-state index is 0.0758. The molecule has 1 aliphatic rings. The number of hydrogen-bond donors (Lipinski definition) is 2. The fourth-order valence-corrected chi connectivity index (χ4v) is 2.57. The van der Waals surface area contributed by atoms with Gasteiger partial charge in [-0.3, -0.25) is 4.90 Å². The van der Waals surface area contributed by atoms with E-state index in [0.29, 0.717) is 19.0 Å². The highest BCUT2D eigenvalue weighted by molar-refractivity contribution is 5.73. The molecule has 1 aromatic heterocycles. The van der Waals surface area contributed by atoms with Gasteiger partial charge >= 0.3 is 6.03 Å². The first-order valence-corrected chi connectivity index (χ1v) is 7.95. The fraction of sp³-hybridized carbons (Fsp3) is 0.733. The van der Waals surface area contributed by atoms with E-state index in [-0.39, 0.29) is 12.1 Å². The molecule has 1 fully saturated rings. The standard InChI is InChI=1S/C15H27N5O2/c1-13(2)10-20-7-8-22-14(11-20)9-18-15(21)17-4-6-19-5-3-16-12-19/h3,5,12-14H,4,6-11H2,1-2H3,(H2,17,18,21). The van der Waals surface area contributed by atoms with E-state index in [2.05, 4.69) is 34.4 Å². The quantitative estimate of drug-likeness (QED) is 0.771. The van der Waals surface area contributed by atoms with Crippen LogP contribution in [0.15, 0.2) is 18.7 Å². The van der Waals surface area contributed by atoms with E-state index in [1.54, 1.807) is 12.5 Å². The van der Waals surface area contributed by atoms with Gasteiger partial charge in [0.15, 0.2) is 0 Å². The van der Waals surface area contributed by atoms with Crippen LogP contribution in [0, 0.1) is 5.92 Å². The zero-order chi connectivity index (χ0) is 15.8. The van der Waals surface area contributed by atoms with Crippen LogP contribution in [0.2, 0.25) is 0 Å². The van der Waals surface area contributed by atoms with Gasteiger partial charge in [0.05, 0.1) is 19.0 Å². The van der Waals surface area contributed by atoms with E-state index in [1.165, 1.54) is 0 Å². The van der Waals surface area contributed by atoms with Crippen LogP contribution in [0.5, 0.6) is 0 Å². The molecule has 124 valence electrons. The van der Waals surface area contributed by atoms with Crippen LogP contribution >= 0.6 is 0 Å². The molecular weight excluding hydrogens is 282 g/mol. The average Bonchev–Trinajstić information content (AvgIpc) is 2.98. The monoisotopic (exact) mass is 309 g/mol. The molecule has 1 saturated heterocycles. The highest BCUT2D eigenvalue weighted by Crippen LogP contribution is 2.07. The van der Waals surface area contributed by atoms with Crippen molar-refractivity contribution in [3.05, 3.63) is 18.7 Å². The number of carbonyl (C=O) groups excluding carboxylic acids is 1. The third-order valence-corrected chi connectivity index (χ3v) is 3.55. The Morgan fingerprint density at radius 3 is 3.05 bits per heavy atom. The third kappa shape index (κ3) is 6.03. The van der Waals surface area contributed by atoms with Gasteiger partial charge in [0.2, 0.25) is 0 Å². The Hall–Kier alpha value is -1.60. The average molecular weight is 309 g/mol. The number of ether oxygens (including phenoxy) is 1. The zero-order valence-corrected chi connectivity index (χ0v) is 13.5. The number of imidazole rings is 1. The van der Waals surface area contributed by atoms with Crippen LogP contribution in [0.1, 0.15) is 13.8 Å². The van der Waals surface area contributed by atoms with Crippen molar-refractivity contribution >= 4 is 6.03 Å². The molecule has 0 spiro atoms. The lowest BCUT2D eigenvalue weighted by Gasteiger charge is -2.33. The molecule has 22 heavy (non-hydrogen) atoms. The number of amides is 2. The molecule has 1 aliphatic heterocycles. The first-order valence-electron chi connectivity index (χ1n) is 7.95. The zero-order valence-electron chi connectivity index (χ0n) is 13.5. The predicted molar refractivity (Wildman–Crippen MR) is 84.6 cm³/mol. The molecule has 1 aromatic rings. The van der Waals surface area contributed by atoms with Crippen LogP contribution in [0.3, 0.4) is 0 Å². The van der Waals surface area contributed by atoms with Crippen molar-refractivity contribution in [1.82, 2.24) is 25.1 Å². The van der Waals surface area contributed by atoms with Gasteiger partial charge in [0, 0.05) is 51.7 Å². The molecule has 0 saturated carbocycles. The highest BCUT2D eigenvalue weighted by atomic mass is 16.5. The third-order valence-electron chi connectivity index (χ3n) is 3.55. The minimum atomic E-state index is -0.148. The number of urea groups is 1. The molecule has 0 aromatic carbocycles. The molecule has 0 radical (unpaired) electrons. The summed E-state index contributed by atoms with van der Waals surface area (Å²) in [7, 11) is 0. The lowest BCUT2D eigenvalue weighted by Crippen LogP contribution is -2.49. The summed E-state index contributed by atoms with van der Waals surface area (Å²) in [5, 5.41) is 5.72. The molecule has 2 amide bonds. The van der Waals surface area contributed by atoms with E-state index in [4.69, 9.17) is 4.74 Å². The van der Waals surface area contributed by atoms with Crippen LogP contribution < -0.4 is 10.6 Å². The predicted octanol–water partition coefficient (Wildman–Crippen LogP) is 0.539. The van der Waals surface area contributed by atoms with Crippen LogP contribution in [-0.2, 0) is 11.3 Å². The SMILES string of the molecule is CC(C)CN1CCOC(CNC(=O)NCCn2ccnc2)C1. The van der Waals surface area contributed by atoms with Gasteiger partial charge < -0.3 is 19.9 Å². The normalized spacial score (nSPS) is 19.3. The summed E-state index contributed by atoms with van der Waals surface area (Å²) in [5.74, 6) is 0.651. The van der Waals surface area contributed by atoms with Crippen molar-refractivity contribution < 1.29 is 9.53 Å². The summed E-state index contributed by atoms with van der Waals surface area (Å²) >= 11 is 0. The first-order chi connectivity index (χ1) is 10.6. The molecular formula is C15H27N5O2. The van der Waals surface area contributed by atoms with Gasteiger partial charge in [0.25, 0.3) is 0 Å². The van der Waals surface area contributed by atoms with Gasteiger partial charge in [-0.25, -0.2) is 9.78 Å². The number of nitrogens with one attached hydrogen (secondary N) is 2. The highest BCUT2D eigenvalue weighted by Gasteiger charge is 2.21. The summed E-state index contributed by atoms with van der Waals surface area (Å²) in [4.78, 5) is 18.1. The Balaban J connectivity index is 1.59. The Bertz CT molecular complexity index is 435.